The van der Waals surface area contributed by atoms with Gasteiger partial charge in [0.2, 0.25) is 0 Å². The van der Waals surface area contributed by atoms with Gasteiger partial charge in [0.15, 0.2) is 0 Å². The lowest BCUT2D eigenvalue weighted by Gasteiger charge is -2.37. The average molecular weight is 328 g/mol. The van der Waals surface area contributed by atoms with E-state index in [-0.39, 0.29) is 0 Å². The molecule has 3 aliphatic carbocycles. The van der Waals surface area contributed by atoms with E-state index in [9.17, 15) is 0 Å². The highest BCUT2D eigenvalue weighted by molar-refractivity contribution is 14.1. The lowest BCUT2D eigenvalue weighted by atomic mass is 9.69. The summed E-state index contributed by atoms with van der Waals surface area (Å²) in [6.07, 6.45) is 13.9. The summed E-state index contributed by atoms with van der Waals surface area (Å²) < 4.78 is 0.922. The molecule has 0 aromatic rings. The Labute approximate surface area is 113 Å². The van der Waals surface area contributed by atoms with Crippen molar-refractivity contribution in [3.63, 3.8) is 0 Å². The molecule has 1 heteroatoms. The van der Waals surface area contributed by atoms with E-state index < -0.39 is 0 Å². The van der Waals surface area contributed by atoms with Gasteiger partial charge in [-0.3, -0.25) is 0 Å². The van der Waals surface area contributed by atoms with E-state index in [1.165, 1.54) is 19.3 Å². The van der Waals surface area contributed by atoms with Gasteiger partial charge in [0.1, 0.15) is 0 Å². The molecule has 0 saturated heterocycles. The van der Waals surface area contributed by atoms with Crippen LogP contribution in [0.4, 0.5) is 0 Å². The molecular formula is C15H21I. The van der Waals surface area contributed by atoms with E-state index in [2.05, 4.69) is 60.7 Å². The minimum Gasteiger partial charge on any atom is -0.0826 e. The Morgan fingerprint density at radius 1 is 1.12 bits per heavy atom. The summed E-state index contributed by atoms with van der Waals surface area (Å²) >= 11 is 2.67. The molecule has 2 fully saturated rings. The first-order valence-electron chi connectivity index (χ1n) is 6.60. The molecule has 0 bridgehead atoms. The molecule has 0 spiro atoms. The second kappa shape index (κ2) is 3.86. The van der Waals surface area contributed by atoms with Crippen molar-refractivity contribution in [3.8, 4) is 0 Å². The predicted molar refractivity (Wildman–Crippen MR) is 77.7 cm³/mol. The molecule has 5 unspecified atom stereocenters. The Bertz CT molecular complexity index is 339. The SMILES string of the molecule is CC1(C)C2C=CC=CC2C2CCC(I)CC21. The van der Waals surface area contributed by atoms with Crippen LogP contribution in [0.3, 0.4) is 0 Å². The summed E-state index contributed by atoms with van der Waals surface area (Å²) in [4.78, 5) is 0. The van der Waals surface area contributed by atoms with Crippen molar-refractivity contribution >= 4 is 22.6 Å². The minimum absolute atomic E-state index is 0.514. The van der Waals surface area contributed by atoms with Crippen molar-refractivity contribution in [1.29, 1.82) is 0 Å². The van der Waals surface area contributed by atoms with Crippen LogP contribution in [0, 0.1) is 29.1 Å². The largest absolute Gasteiger partial charge is 0.0826 e. The fourth-order valence-electron chi connectivity index (χ4n) is 4.48. The standard InChI is InChI=1S/C15H21I/c1-15(2)13-6-4-3-5-11(13)12-8-7-10(16)9-14(12)15/h3-6,10-14H,7-9H2,1-2H3. The maximum absolute atomic E-state index is 2.67. The number of alkyl halides is 1. The third-order valence-electron chi connectivity index (χ3n) is 5.33. The highest BCUT2D eigenvalue weighted by atomic mass is 127. The number of hydrogen-bond donors (Lipinski definition) is 0. The van der Waals surface area contributed by atoms with Crippen LogP contribution in [0.1, 0.15) is 33.1 Å². The summed E-state index contributed by atoms with van der Waals surface area (Å²) in [7, 11) is 0. The van der Waals surface area contributed by atoms with Crippen molar-refractivity contribution in [2.45, 2.75) is 37.0 Å². The Hall–Kier alpha value is 0.210. The molecule has 0 aromatic carbocycles. The molecule has 0 heterocycles. The van der Waals surface area contributed by atoms with E-state index in [1.54, 1.807) is 0 Å². The quantitative estimate of drug-likeness (QED) is 0.450. The molecular weight excluding hydrogens is 307 g/mol. The topological polar surface area (TPSA) is 0 Å². The van der Waals surface area contributed by atoms with Crippen LogP contribution in [-0.4, -0.2) is 3.92 Å². The number of fused-ring (bicyclic) bond motifs is 3. The molecule has 0 N–H and O–H groups in total. The monoisotopic (exact) mass is 328 g/mol. The lowest BCUT2D eigenvalue weighted by Crippen LogP contribution is -2.31. The van der Waals surface area contributed by atoms with Crippen LogP contribution >= 0.6 is 22.6 Å². The minimum atomic E-state index is 0.514. The fourth-order valence-corrected chi connectivity index (χ4v) is 5.39. The van der Waals surface area contributed by atoms with Gasteiger partial charge in [-0.1, -0.05) is 60.7 Å². The van der Waals surface area contributed by atoms with Crippen molar-refractivity contribution < 1.29 is 0 Å². The van der Waals surface area contributed by atoms with Crippen LogP contribution in [-0.2, 0) is 0 Å². The number of halogens is 1. The van der Waals surface area contributed by atoms with E-state index in [0.717, 1.165) is 27.6 Å². The molecule has 0 aliphatic heterocycles. The smallest absolute Gasteiger partial charge is 0.0113 e. The molecule has 0 aromatic heterocycles. The van der Waals surface area contributed by atoms with Crippen LogP contribution in [0.25, 0.3) is 0 Å². The first-order chi connectivity index (χ1) is 7.60. The molecule has 0 radical (unpaired) electrons. The second-order valence-electron chi connectivity index (χ2n) is 6.37. The Balaban J connectivity index is 1.96. The summed E-state index contributed by atoms with van der Waals surface area (Å²) in [5.74, 6) is 3.56. The van der Waals surface area contributed by atoms with E-state index >= 15 is 0 Å². The normalized spacial score (nSPS) is 48.8. The third-order valence-corrected chi connectivity index (χ3v) is 6.46. The fraction of sp³-hybridized carbons (Fsp3) is 0.733. The molecule has 3 aliphatic rings. The highest BCUT2D eigenvalue weighted by Crippen LogP contribution is 2.61. The van der Waals surface area contributed by atoms with Gasteiger partial charge >= 0.3 is 0 Å². The molecule has 16 heavy (non-hydrogen) atoms. The van der Waals surface area contributed by atoms with Crippen LogP contribution in [0.15, 0.2) is 24.3 Å². The zero-order chi connectivity index (χ0) is 11.3. The summed E-state index contributed by atoms with van der Waals surface area (Å²) in [6, 6.07) is 0. The molecule has 5 atom stereocenters. The molecule has 0 nitrogen and oxygen atoms in total. The van der Waals surface area contributed by atoms with Crippen LogP contribution < -0.4 is 0 Å². The van der Waals surface area contributed by atoms with Crippen molar-refractivity contribution in [3.05, 3.63) is 24.3 Å². The molecule has 88 valence electrons. The summed E-state index contributed by atoms with van der Waals surface area (Å²) in [5, 5.41) is 0. The van der Waals surface area contributed by atoms with Gasteiger partial charge < -0.3 is 0 Å². The highest BCUT2D eigenvalue weighted by Gasteiger charge is 2.54. The summed E-state index contributed by atoms with van der Waals surface area (Å²) in [5.41, 5.74) is 0.514. The Kier molecular flexibility index (Phi) is 2.73. The second-order valence-corrected chi connectivity index (χ2v) is 8.14. The van der Waals surface area contributed by atoms with Gasteiger partial charge in [-0.15, -0.1) is 0 Å². The number of hydrogen-bond acceptors (Lipinski definition) is 0. The number of allylic oxidation sites excluding steroid dienone is 4. The Morgan fingerprint density at radius 3 is 2.69 bits per heavy atom. The van der Waals surface area contributed by atoms with Gasteiger partial charge in [0, 0.05) is 3.92 Å². The third kappa shape index (κ3) is 1.53. The lowest BCUT2D eigenvalue weighted by molar-refractivity contribution is 0.153. The van der Waals surface area contributed by atoms with Crippen molar-refractivity contribution in [2.75, 3.05) is 0 Å². The zero-order valence-corrected chi connectivity index (χ0v) is 12.4. The van der Waals surface area contributed by atoms with Crippen LogP contribution in [0.5, 0.6) is 0 Å². The van der Waals surface area contributed by atoms with Crippen molar-refractivity contribution in [2.24, 2.45) is 29.1 Å². The van der Waals surface area contributed by atoms with Gasteiger partial charge in [0.25, 0.3) is 0 Å². The van der Waals surface area contributed by atoms with E-state index in [1.807, 2.05) is 0 Å². The van der Waals surface area contributed by atoms with Crippen LogP contribution in [0.2, 0.25) is 0 Å². The molecule has 3 rings (SSSR count). The van der Waals surface area contributed by atoms with E-state index in [0.29, 0.717) is 5.41 Å². The first-order valence-corrected chi connectivity index (χ1v) is 7.84. The van der Waals surface area contributed by atoms with Gasteiger partial charge in [0.05, 0.1) is 0 Å². The summed E-state index contributed by atoms with van der Waals surface area (Å²) in [6.45, 7) is 5.01. The zero-order valence-electron chi connectivity index (χ0n) is 10.2. The van der Waals surface area contributed by atoms with Gasteiger partial charge in [-0.25, -0.2) is 0 Å². The maximum Gasteiger partial charge on any atom is 0.0113 e. The van der Waals surface area contributed by atoms with Crippen molar-refractivity contribution in [1.82, 2.24) is 0 Å². The average Bonchev–Trinajstić information content (AvgIpc) is 2.49. The first kappa shape index (κ1) is 11.3. The number of rotatable bonds is 0. The van der Waals surface area contributed by atoms with Gasteiger partial charge in [-0.2, -0.15) is 0 Å². The molecule has 0 amide bonds. The molecule has 2 saturated carbocycles. The predicted octanol–water partition coefficient (Wildman–Crippen LogP) is 4.60. The van der Waals surface area contributed by atoms with E-state index in [4.69, 9.17) is 0 Å². The maximum atomic E-state index is 2.67. The Morgan fingerprint density at radius 2 is 1.88 bits per heavy atom. The van der Waals surface area contributed by atoms with Gasteiger partial charge in [-0.05, 0) is 48.3 Å².